The van der Waals surface area contributed by atoms with Gasteiger partial charge in [-0.1, -0.05) is 12.1 Å². The number of carboxylic acid groups (broad SMARTS) is 2. The Kier molecular flexibility index (Phi) is 5.78. The maximum atomic E-state index is 12.5. The minimum atomic E-state index is -1.09. The van der Waals surface area contributed by atoms with E-state index in [1.54, 1.807) is 16.7 Å². The number of carbonyl (C=O) groups is 3. The van der Waals surface area contributed by atoms with E-state index in [1.807, 2.05) is 26.0 Å². The topological polar surface area (TPSA) is 121 Å². The Bertz CT molecular complexity index is 1140. The van der Waals surface area contributed by atoms with E-state index in [-0.39, 0.29) is 16.7 Å². The van der Waals surface area contributed by atoms with Gasteiger partial charge in [0, 0.05) is 17.0 Å². The van der Waals surface area contributed by atoms with Crippen LogP contribution < -0.4 is 5.43 Å². The van der Waals surface area contributed by atoms with Crippen molar-refractivity contribution in [3.8, 4) is 5.69 Å². The van der Waals surface area contributed by atoms with Gasteiger partial charge in [-0.05, 0) is 61.9 Å². The molecule has 3 rings (SSSR count). The van der Waals surface area contributed by atoms with Gasteiger partial charge in [0.2, 0.25) is 0 Å². The predicted molar refractivity (Wildman–Crippen MR) is 111 cm³/mol. The van der Waals surface area contributed by atoms with Crippen LogP contribution in [0.5, 0.6) is 0 Å². The fourth-order valence-corrected chi connectivity index (χ4v) is 3.03. The Morgan fingerprint density at radius 1 is 0.867 bits per heavy atom. The number of aryl methyl sites for hydroxylation is 2. The molecule has 0 atom stereocenters. The first-order valence-corrected chi connectivity index (χ1v) is 8.97. The van der Waals surface area contributed by atoms with E-state index in [9.17, 15) is 19.5 Å². The number of benzene rings is 2. The molecule has 0 saturated heterocycles. The monoisotopic (exact) mass is 405 g/mol. The van der Waals surface area contributed by atoms with Gasteiger partial charge < -0.3 is 14.8 Å². The number of carbonyl (C=O) groups excluding carboxylic acids is 1. The molecule has 152 valence electrons. The third kappa shape index (κ3) is 4.27. The minimum absolute atomic E-state index is 0.0796. The number of hydrogen-bond donors (Lipinski definition) is 3. The third-order valence-electron chi connectivity index (χ3n) is 4.54. The highest BCUT2D eigenvalue weighted by Gasteiger charge is 2.17. The lowest BCUT2D eigenvalue weighted by molar-refractivity contribution is 0.0686. The SMILES string of the molecule is Cc1ccc(C)n1-c1cc(C(=O)NN=Cc2ccc(C(=O)O)cc2)ccc1C(=O)O. The quantitative estimate of drug-likeness (QED) is 0.429. The molecule has 0 saturated carbocycles. The zero-order valence-corrected chi connectivity index (χ0v) is 16.3. The number of hydrazone groups is 1. The number of aromatic carboxylic acids is 2. The number of aromatic nitrogens is 1. The van der Waals surface area contributed by atoms with Crippen LogP contribution in [-0.2, 0) is 0 Å². The molecule has 1 amide bonds. The summed E-state index contributed by atoms with van der Waals surface area (Å²) in [5.74, 6) is -2.62. The third-order valence-corrected chi connectivity index (χ3v) is 4.54. The van der Waals surface area contributed by atoms with Crippen molar-refractivity contribution < 1.29 is 24.6 Å². The summed E-state index contributed by atoms with van der Waals surface area (Å²) in [6, 6.07) is 14.1. The number of nitrogens with zero attached hydrogens (tertiary/aromatic N) is 2. The molecule has 0 spiro atoms. The van der Waals surface area contributed by atoms with E-state index in [0.717, 1.165) is 11.4 Å². The molecule has 0 aliphatic heterocycles. The van der Waals surface area contributed by atoms with Crippen LogP contribution >= 0.6 is 0 Å². The van der Waals surface area contributed by atoms with Crippen molar-refractivity contribution in [2.75, 3.05) is 0 Å². The second kappa shape index (κ2) is 8.44. The van der Waals surface area contributed by atoms with Crippen molar-refractivity contribution in [1.29, 1.82) is 0 Å². The Labute approximate surface area is 172 Å². The average Bonchev–Trinajstić information content (AvgIpc) is 3.05. The van der Waals surface area contributed by atoms with E-state index in [0.29, 0.717) is 11.3 Å². The van der Waals surface area contributed by atoms with Gasteiger partial charge >= 0.3 is 11.9 Å². The largest absolute Gasteiger partial charge is 0.478 e. The predicted octanol–water partition coefficient (Wildman–Crippen LogP) is 3.25. The van der Waals surface area contributed by atoms with E-state index in [1.165, 1.54) is 36.5 Å². The van der Waals surface area contributed by atoms with Gasteiger partial charge in [0.15, 0.2) is 0 Å². The summed E-state index contributed by atoms with van der Waals surface area (Å²) in [6.07, 6.45) is 1.39. The van der Waals surface area contributed by atoms with Gasteiger partial charge in [-0.3, -0.25) is 4.79 Å². The molecule has 30 heavy (non-hydrogen) atoms. The molecule has 0 aliphatic rings. The minimum Gasteiger partial charge on any atom is -0.478 e. The van der Waals surface area contributed by atoms with Crippen LogP contribution in [-0.4, -0.2) is 38.8 Å². The van der Waals surface area contributed by atoms with Gasteiger partial charge in [-0.2, -0.15) is 5.10 Å². The Hall–Kier alpha value is -4.20. The summed E-state index contributed by atoms with van der Waals surface area (Å²) in [5.41, 5.74) is 5.56. The van der Waals surface area contributed by atoms with Crippen LogP contribution in [0.2, 0.25) is 0 Å². The maximum absolute atomic E-state index is 12.5. The lowest BCUT2D eigenvalue weighted by Gasteiger charge is -2.14. The first-order chi connectivity index (χ1) is 14.3. The lowest BCUT2D eigenvalue weighted by Crippen LogP contribution is -2.19. The summed E-state index contributed by atoms with van der Waals surface area (Å²) < 4.78 is 1.77. The molecule has 0 bridgehead atoms. The average molecular weight is 405 g/mol. The van der Waals surface area contributed by atoms with E-state index >= 15 is 0 Å². The fraction of sp³-hybridized carbons (Fsp3) is 0.0909. The van der Waals surface area contributed by atoms with Gasteiger partial charge in [0.25, 0.3) is 5.91 Å². The standard InChI is InChI=1S/C22H19N3O5/c1-13-3-4-14(2)25(13)19-11-17(9-10-18(19)22(29)30)20(26)24-23-12-15-5-7-16(8-6-15)21(27)28/h3-12H,1-2H3,(H,24,26)(H,27,28)(H,29,30). The van der Waals surface area contributed by atoms with Gasteiger partial charge in [-0.15, -0.1) is 0 Å². The summed E-state index contributed by atoms with van der Waals surface area (Å²) in [7, 11) is 0. The molecule has 3 N–H and O–H groups in total. The molecule has 0 aliphatic carbocycles. The van der Waals surface area contributed by atoms with E-state index < -0.39 is 17.8 Å². The molecule has 2 aromatic carbocycles. The van der Waals surface area contributed by atoms with Crippen molar-refractivity contribution in [1.82, 2.24) is 9.99 Å². The van der Waals surface area contributed by atoms with Crippen LogP contribution in [0, 0.1) is 13.8 Å². The van der Waals surface area contributed by atoms with E-state index in [4.69, 9.17) is 5.11 Å². The molecular weight excluding hydrogens is 386 g/mol. The van der Waals surface area contributed by atoms with Crippen molar-refractivity contribution in [3.63, 3.8) is 0 Å². The lowest BCUT2D eigenvalue weighted by atomic mass is 10.1. The first-order valence-electron chi connectivity index (χ1n) is 8.97. The Morgan fingerprint density at radius 3 is 2.03 bits per heavy atom. The normalized spacial score (nSPS) is 10.9. The fourth-order valence-electron chi connectivity index (χ4n) is 3.03. The number of nitrogens with one attached hydrogen (secondary N) is 1. The molecule has 3 aromatic rings. The summed E-state index contributed by atoms with van der Waals surface area (Å²) in [4.78, 5) is 35.0. The number of hydrogen-bond acceptors (Lipinski definition) is 4. The zero-order valence-electron chi connectivity index (χ0n) is 16.3. The summed E-state index contributed by atoms with van der Waals surface area (Å²) in [5, 5.41) is 22.3. The molecule has 8 nitrogen and oxygen atoms in total. The Morgan fingerprint density at radius 2 is 1.47 bits per heavy atom. The van der Waals surface area contributed by atoms with Crippen molar-refractivity contribution in [2.45, 2.75) is 13.8 Å². The molecule has 8 heteroatoms. The second-order valence-corrected chi connectivity index (χ2v) is 6.61. The van der Waals surface area contributed by atoms with Crippen LogP contribution in [0.4, 0.5) is 0 Å². The van der Waals surface area contributed by atoms with Crippen molar-refractivity contribution >= 4 is 24.1 Å². The second-order valence-electron chi connectivity index (χ2n) is 6.61. The zero-order chi connectivity index (χ0) is 21.8. The number of carboxylic acids is 2. The van der Waals surface area contributed by atoms with Crippen molar-refractivity contribution in [2.24, 2.45) is 5.10 Å². The van der Waals surface area contributed by atoms with Crippen LogP contribution in [0.25, 0.3) is 5.69 Å². The molecule has 0 fully saturated rings. The van der Waals surface area contributed by atoms with Crippen LogP contribution in [0.3, 0.4) is 0 Å². The van der Waals surface area contributed by atoms with Crippen molar-refractivity contribution in [3.05, 3.63) is 88.2 Å². The van der Waals surface area contributed by atoms with E-state index in [2.05, 4.69) is 10.5 Å². The summed E-state index contributed by atoms with van der Waals surface area (Å²) >= 11 is 0. The highest BCUT2D eigenvalue weighted by molar-refractivity contribution is 5.99. The molecule has 0 radical (unpaired) electrons. The number of rotatable bonds is 6. The highest BCUT2D eigenvalue weighted by atomic mass is 16.4. The molecular formula is C22H19N3O5. The van der Waals surface area contributed by atoms with Crippen LogP contribution in [0.15, 0.2) is 59.7 Å². The first kappa shape index (κ1) is 20.5. The summed E-state index contributed by atoms with van der Waals surface area (Å²) in [6.45, 7) is 3.70. The van der Waals surface area contributed by atoms with Crippen LogP contribution in [0.1, 0.15) is 48.0 Å². The van der Waals surface area contributed by atoms with Gasteiger partial charge in [0.05, 0.1) is 23.0 Å². The van der Waals surface area contributed by atoms with Gasteiger partial charge in [0.1, 0.15) is 0 Å². The molecule has 1 aromatic heterocycles. The number of amides is 1. The molecule has 1 heterocycles. The smallest absolute Gasteiger partial charge is 0.337 e. The maximum Gasteiger partial charge on any atom is 0.337 e. The Balaban J connectivity index is 1.83. The highest BCUT2D eigenvalue weighted by Crippen LogP contribution is 2.22. The molecule has 0 unspecified atom stereocenters. The van der Waals surface area contributed by atoms with Gasteiger partial charge in [-0.25, -0.2) is 15.0 Å².